The fraction of sp³-hybridized carbons (Fsp3) is 0.100. The molecule has 5 nitrogen and oxygen atoms in total. The van der Waals surface area contributed by atoms with Gasteiger partial charge in [0.05, 0.1) is 6.10 Å². The largest absolute Gasteiger partial charge is 0.389 e. The van der Waals surface area contributed by atoms with Crippen molar-refractivity contribution < 1.29 is 14.7 Å². The Balaban J connectivity index is 1.77. The summed E-state index contributed by atoms with van der Waals surface area (Å²) in [6.07, 6.45) is 2.64. The normalized spacial score (nSPS) is 11.8. The molecule has 1 aromatic heterocycles. The summed E-state index contributed by atoms with van der Waals surface area (Å²) in [4.78, 5) is 27.5. The molecule has 0 aliphatic carbocycles. The highest BCUT2D eigenvalue weighted by molar-refractivity contribution is 6.10. The van der Waals surface area contributed by atoms with E-state index in [1.165, 1.54) is 0 Å². The molecule has 1 heterocycles. The lowest BCUT2D eigenvalue weighted by atomic mass is 10.0. The minimum Gasteiger partial charge on any atom is -0.389 e. The Morgan fingerprint density at radius 2 is 1.64 bits per heavy atom. The van der Waals surface area contributed by atoms with Crippen LogP contribution >= 0.6 is 0 Å². The summed E-state index contributed by atoms with van der Waals surface area (Å²) in [5, 5.41) is 12.6. The van der Waals surface area contributed by atoms with E-state index in [9.17, 15) is 14.7 Å². The van der Waals surface area contributed by atoms with Crippen LogP contribution in [0.15, 0.2) is 67.0 Å². The lowest BCUT2D eigenvalue weighted by molar-refractivity contribution is 0.101. The zero-order chi connectivity index (χ0) is 17.8. The van der Waals surface area contributed by atoms with Gasteiger partial charge in [-0.15, -0.1) is 0 Å². The van der Waals surface area contributed by atoms with E-state index >= 15 is 0 Å². The number of anilines is 1. The molecule has 5 heteroatoms. The molecular weight excluding hydrogens is 316 g/mol. The molecule has 0 saturated carbocycles. The van der Waals surface area contributed by atoms with Gasteiger partial charge in [-0.1, -0.05) is 30.3 Å². The molecule has 3 aromatic rings. The van der Waals surface area contributed by atoms with Crippen LogP contribution in [0.25, 0.3) is 0 Å². The molecule has 0 spiro atoms. The van der Waals surface area contributed by atoms with Gasteiger partial charge in [0.15, 0.2) is 5.78 Å². The second-order valence-corrected chi connectivity index (χ2v) is 5.72. The van der Waals surface area contributed by atoms with Crippen molar-refractivity contribution in [2.45, 2.75) is 13.0 Å². The third-order valence-electron chi connectivity index (χ3n) is 3.93. The highest BCUT2D eigenvalue weighted by atomic mass is 16.3. The minimum atomic E-state index is -0.683. The first-order valence-corrected chi connectivity index (χ1v) is 7.92. The summed E-state index contributed by atoms with van der Waals surface area (Å²) in [7, 11) is 0. The Morgan fingerprint density at radius 3 is 2.28 bits per heavy atom. The minimum absolute atomic E-state index is 0.104. The Labute approximate surface area is 145 Å². The number of carbonyl (C=O) groups excluding carboxylic acids is 2. The standard InChI is InChI=1S/C20H18N2O3/c1-13(23)17-4-2-3-5-18(17)22-20(25)15-8-6-14(7-9-15)19(24)16-10-11-21-12-16/h2-13,21,23H,1H3,(H,22,25). The fourth-order valence-corrected chi connectivity index (χ4v) is 2.57. The van der Waals surface area contributed by atoms with Crippen molar-refractivity contribution in [1.29, 1.82) is 0 Å². The Hall–Kier alpha value is -3.18. The average Bonchev–Trinajstić information content (AvgIpc) is 3.16. The van der Waals surface area contributed by atoms with Crippen LogP contribution in [0.2, 0.25) is 0 Å². The van der Waals surface area contributed by atoms with Gasteiger partial charge in [-0.2, -0.15) is 0 Å². The molecule has 0 aliphatic rings. The first-order valence-electron chi connectivity index (χ1n) is 7.92. The SMILES string of the molecule is CC(O)c1ccccc1NC(=O)c1ccc(C(=O)c2cc[nH]c2)cc1. The van der Waals surface area contributed by atoms with Gasteiger partial charge in [0.1, 0.15) is 0 Å². The highest BCUT2D eigenvalue weighted by Gasteiger charge is 2.13. The lowest BCUT2D eigenvalue weighted by Crippen LogP contribution is -2.14. The van der Waals surface area contributed by atoms with Crippen molar-refractivity contribution in [2.24, 2.45) is 0 Å². The van der Waals surface area contributed by atoms with E-state index < -0.39 is 6.10 Å². The predicted octanol–water partition coefficient (Wildman–Crippen LogP) is 3.55. The smallest absolute Gasteiger partial charge is 0.255 e. The zero-order valence-corrected chi connectivity index (χ0v) is 13.7. The molecule has 1 amide bonds. The Morgan fingerprint density at radius 1 is 0.960 bits per heavy atom. The number of benzene rings is 2. The van der Waals surface area contributed by atoms with E-state index in [1.54, 1.807) is 73.9 Å². The monoisotopic (exact) mass is 334 g/mol. The molecule has 0 radical (unpaired) electrons. The number of amides is 1. The van der Waals surface area contributed by atoms with Crippen LogP contribution in [0.4, 0.5) is 5.69 Å². The van der Waals surface area contributed by atoms with E-state index in [0.29, 0.717) is 27.9 Å². The summed E-state index contributed by atoms with van der Waals surface area (Å²) in [6, 6.07) is 15.3. The zero-order valence-electron chi connectivity index (χ0n) is 13.7. The van der Waals surface area contributed by atoms with E-state index in [4.69, 9.17) is 0 Å². The summed E-state index contributed by atoms with van der Waals surface area (Å²) in [5.41, 5.74) is 2.74. The predicted molar refractivity (Wildman–Crippen MR) is 95.7 cm³/mol. The molecule has 126 valence electrons. The number of nitrogens with one attached hydrogen (secondary N) is 2. The van der Waals surface area contributed by atoms with Crippen LogP contribution in [0.3, 0.4) is 0 Å². The molecule has 1 unspecified atom stereocenters. The average molecular weight is 334 g/mol. The molecule has 3 rings (SSSR count). The third-order valence-corrected chi connectivity index (χ3v) is 3.93. The van der Waals surface area contributed by atoms with Crippen LogP contribution < -0.4 is 5.32 Å². The van der Waals surface area contributed by atoms with Crippen molar-refractivity contribution >= 4 is 17.4 Å². The molecule has 0 aliphatic heterocycles. The first-order chi connectivity index (χ1) is 12.1. The number of rotatable bonds is 5. The number of hydrogen-bond donors (Lipinski definition) is 3. The van der Waals surface area contributed by atoms with Crippen molar-refractivity contribution in [2.75, 3.05) is 5.32 Å². The summed E-state index contributed by atoms with van der Waals surface area (Å²) in [6.45, 7) is 1.65. The van der Waals surface area contributed by atoms with Crippen LogP contribution in [-0.4, -0.2) is 21.8 Å². The first kappa shape index (κ1) is 16.7. The van der Waals surface area contributed by atoms with Crippen LogP contribution in [0, 0.1) is 0 Å². The van der Waals surface area contributed by atoms with E-state index in [2.05, 4.69) is 10.3 Å². The molecule has 0 saturated heterocycles. The molecule has 2 aromatic carbocycles. The van der Waals surface area contributed by atoms with Gasteiger partial charge in [0.2, 0.25) is 0 Å². The number of para-hydroxylation sites is 1. The van der Waals surface area contributed by atoms with Crippen molar-refractivity contribution in [3.8, 4) is 0 Å². The molecule has 0 fully saturated rings. The molecule has 3 N–H and O–H groups in total. The van der Waals surface area contributed by atoms with Gasteiger partial charge >= 0.3 is 0 Å². The van der Waals surface area contributed by atoms with E-state index in [0.717, 1.165) is 0 Å². The summed E-state index contributed by atoms with van der Waals surface area (Å²) < 4.78 is 0. The Bertz CT molecular complexity index is 882. The maximum Gasteiger partial charge on any atom is 0.255 e. The van der Waals surface area contributed by atoms with Crippen LogP contribution in [0.1, 0.15) is 44.9 Å². The van der Waals surface area contributed by atoms with Gasteiger partial charge in [0, 0.05) is 40.3 Å². The van der Waals surface area contributed by atoms with Crippen molar-refractivity contribution in [1.82, 2.24) is 4.98 Å². The molecule has 25 heavy (non-hydrogen) atoms. The van der Waals surface area contributed by atoms with Gasteiger partial charge in [0.25, 0.3) is 5.91 Å². The van der Waals surface area contributed by atoms with Crippen LogP contribution in [0.5, 0.6) is 0 Å². The van der Waals surface area contributed by atoms with Gasteiger partial charge in [-0.25, -0.2) is 0 Å². The van der Waals surface area contributed by atoms with Gasteiger partial charge in [-0.05, 0) is 31.2 Å². The topological polar surface area (TPSA) is 82.2 Å². The number of ketones is 1. The number of aliphatic hydroxyl groups is 1. The number of H-pyrrole nitrogens is 1. The molecule has 1 atom stereocenters. The number of hydrogen-bond acceptors (Lipinski definition) is 3. The van der Waals surface area contributed by atoms with Crippen molar-refractivity contribution in [3.05, 3.63) is 89.2 Å². The highest BCUT2D eigenvalue weighted by Crippen LogP contribution is 2.23. The van der Waals surface area contributed by atoms with Crippen LogP contribution in [-0.2, 0) is 0 Å². The summed E-state index contributed by atoms with van der Waals surface area (Å²) in [5.74, 6) is -0.401. The van der Waals surface area contributed by atoms with Gasteiger partial charge < -0.3 is 15.4 Å². The Kier molecular flexibility index (Phi) is 4.77. The maximum absolute atomic E-state index is 12.4. The molecular formula is C20H18N2O3. The van der Waals surface area contributed by atoms with E-state index in [1.807, 2.05) is 0 Å². The van der Waals surface area contributed by atoms with E-state index in [-0.39, 0.29) is 11.7 Å². The maximum atomic E-state index is 12.4. The fourth-order valence-electron chi connectivity index (χ4n) is 2.57. The number of aromatic nitrogens is 1. The third kappa shape index (κ3) is 3.67. The summed E-state index contributed by atoms with van der Waals surface area (Å²) >= 11 is 0. The second kappa shape index (κ2) is 7.15. The second-order valence-electron chi connectivity index (χ2n) is 5.72. The number of aliphatic hydroxyl groups excluding tert-OH is 1. The lowest BCUT2D eigenvalue weighted by Gasteiger charge is -2.13. The quantitative estimate of drug-likeness (QED) is 0.624. The van der Waals surface area contributed by atoms with Gasteiger partial charge in [-0.3, -0.25) is 9.59 Å². The number of aromatic amines is 1. The number of carbonyl (C=O) groups is 2. The molecule has 0 bridgehead atoms. The van der Waals surface area contributed by atoms with Crippen molar-refractivity contribution in [3.63, 3.8) is 0 Å².